The van der Waals surface area contributed by atoms with E-state index in [1.807, 2.05) is 24.3 Å². The first-order valence-corrected chi connectivity index (χ1v) is 5.70. The SMILES string of the molecule is CC1(CO)CN(c2ccc(Br)cc2)C(=O)O1. The minimum atomic E-state index is -0.801. The molecule has 1 fully saturated rings. The highest BCUT2D eigenvalue weighted by atomic mass is 79.9. The van der Waals surface area contributed by atoms with Crippen molar-refractivity contribution in [3.05, 3.63) is 28.7 Å². The van der Waals surface area contributed by atoms with Gasteiger partial charge in [-0.2, -0.15) is 0 Å². The summed E-state index contributed by atoms with van der Waals surface area (Å²) >= 11 is 3.33. The second-order valence-electron chi connectivity index (χ2n) is 4.04. The molecule has 0 aliphatic carbocycles. The van der Waals surface area contributed by atoms with Crippen LogP contribution in [0.3, 0.4) is 0 Å². The highest BCUT2D eigenvalue weighted by molar-refractivity contribution is 9.10. The third-order valence-corrected chi connectivity index (χ3v) is 3.05. The number of anilines is 1. The van der Waals surface area contributed by atoms with Gasteiger partial charge in [0.1, 0.15) is 0 Å². The van der Waals surface area contributed by atoms with E-state index in [1.165, 1.54) is 4.90 Å². The fraction of sp³-hybridized carbons (Fsp3) is 0.364. The number of halogens is 1. The van der Waals surface area contributed by atoms with Gasteiger partial charge in [-0.3, -0.25) is 4.90 Å². The molecule has 86 valence electrons. The number of carbonyl (C=O) groups is 1. The van der Waals surface area contributed by atoms with Crippen LogP contribution in [-0.4, -0.2) is 30.0 Å². The lowest BCUT2D eigenvalue weighted by molar-refractivity contribution is 0.0219. The Bertz CT molecular complexity index is 406. The van der Waals surface area contributed by atoms with Crippen molar-refractivity contribution in [2.24, 2.45) is 0 Å². The maximum Gasteiger partial charge on any atom is 0.415 e. The smallest absolute Gasteiger partial charge is 0.415 e. The molecular weight excluding hydrogens is 274 g/mol. The Morgan fingerprint density at radius 1 is 1.50 bits per heavy atom. The van der Waals surface area contributed by atoms with Crippen molar-refractivity contribution in [1.29, 1.82) is 0 Å². The van der Waals surface area contributed by atoms with E-state index in [2.05, 4.69) is 15.9 Å². The predicted octanol–water partition coefficient (Wildman–Crippen LogP) is 2.16. The summed E-state index contributed by atoms with van der Waals surface area (Å²) < 4.78 is 6.07. The van der Waals surface area contributed by atoms with Crippen molar-refractivity contribution in [1.82, 2.24) is 0 Å². The van der Waals surface area contributed by atoms with Gasteiger partial charge in [-0.05, 0) is 31.2 Å². The van der Waals surface area contributed by atoms with Crippen molar-refractivity contribution in [3.8, 4) is 0 Å². The number of nitrogens with zero attached hydrogens (tertiary/aromatic N) is 1. The van der Waals surface area contributed by atoms with Gasteiger partial charge in [0.15, 0.2) is 5.60 Å². The molecule has 2 rings (SSSR count). The standard InChI is InChI=1S/C11H12BrNO3/c1-11(7-14)6-13(10(15)16-11)9-4-2-8(12)3-5-9/h2-5,14H,6-7H2,1H3. The first kappa shape index (κ1) is 11.4. The zero-order chi connectivity index (χ0) is 11.8. The van der Waals surface area contributed by atoms with Crippen LogP contribution in [0.5, 0.6) is 0 Å². The Labute approximate surface area is 102 Å². The molecule has 0 saturated carbocycles. The van der Waals surface area contributed by atoms with E-state index in [4.69, 9.17) is 9.84 Å². The molecule has 5 heteroatoms. The van der Waals surface area contributed by atoms with E-state index >= 15 is 0 Å². The van der Waals surface area contributed by atoms with E-state index in [-0.39, 0.29) is 6.61 Å². The van der Waals surface area contributed by atoms with Gasteiger partial charge in [-0.15, -0.1) is 0 Å². The number of amides is 1. The molecule has 1 aromatic rings. The normalized spacial score (nSPS) is 24.7. The molecule has 0 bridgehead atoms. The molecule has 0 spiro atoms. The van der Waals surface area contributed by atoms with Gasteiger partial charge in [0, 0.05) is 10.2 Å². The Hall–Kier alpha value is -1.07. The number of hydrogen-bond donors (Lipinski definition) is 1. The summed E-state index contributed by atoms with van der Waals surface area (Å²) in [6.07, 6.45) is -0.418. The molecule has 0 radical (unpaired) electrons. The van der Waals surface area contributed by atoms with Gasteiger partial charge in [-0.25, -0.2) is 4.79 Å². The molecule has 1 amide bonds. The first-order chi connectivity index (χ1) is 7.54. The molecule has 1 aliphatic heterocycles. The van der Waals surface area contributed by atoms with Crippen LogP contribution >= 0.6 is 15.9 Å². The summed E-state index contributed by atoms with van der Waals surface area (Å²) in [7, 11) is 0. The van der Waals surface area contributed by atoms with Gasteiger partial charge < -0.3 is 9.84 Å². The lowest BCUT2D eigenvalue weighted by atomic mass is 10.1. The Morgan fingerprint density at radius 2 is 2.12 bits per heavy atom. The second-order valence-corrected chi connectivity index (χ2v) is 4.95. The van der Waals surface area contributed by atoms with Gasteiger partial charge in [-0.1, -0.05) is 15.9 Å². The van der Waals surface area contributed by atoms with E-state index in [0.29, 0.717) is 6.54 Å². The van der Waals surface area contributed by atoms with Crippen LogP contribution < -0.4 is 4.90 Å². The number of aliphatic hydroxyl groups excluding tert-OH is 1. The van der Waals surface area contributed by atoms with Crippen molar-refractivity contribution < 1.29 is 14.6 Å². The largest absolute Gasteiger partial charge is 0.438 e. The number of benzene rings is 1. The van der Waals surface area contributed by atoms with Crippen molar-refractivity contribution in [3.63, 3.8) is 0 Å². The highest BCUT2D eigenvalue weighted by Gasteiger charge is 2.41. The highest BCUT2D eigenvalue weighted by Crippen LogP contribution is 2.28. The number of rotatable bonds is 2. The maximum absolute atomic E-state index is 11.6. The summed E-state index contributed by atoms with van der Waals surface area (Å²) in [5.74, 6) is 0. The van der Waals surface area contributed by atoms with E-state index in [0.717, 1.165) is 10.2 Å². The number of aliphatic hydroxyl groups is 1. The fourth-order valence-electron chi connectivity index (χ4n) is 1.60. The molecule has 1 aliphatic rings. The van der Waals surface area contributed by atoms with Crippen LogP contribution in [0.15, 0.2) is 28.7 Å². The molecule has 1 atom stereocenters. The molecular formula is C11H12BrNO3. The van der Waals surface area contributed by atoms with Gasteiger partial charge in [0.2, 0.25) is 0 Å². The predicted molar refractivity (Wildman–Crippen MR) is 63.5 cm³/mol. The molecule has 1 heterocycles. The van der Waals surface area contributed by atoms with Gasteiger partial charge >= 0.3 is 6.09 Å². The number of hydrogen-bond acceptors (Lipinski definition) is 3. The number of carbonyl (C=O) groups excluding carboxylic acids is 1. The van der Waals surface area contributed by atoms with Crippen LogP contribution in [0.1, 0.15) is 6.92 Å². The van der Waals surface area contributed by atoms with Gasteiger partial charge in [0.25, 0.3) is 0 Å². The summed E-state index contributed by atoms with van der Waals surface area (Å²) in [4.78, 5) is 13.1. The molecule has 4 nitrogen and oxygen atoms in total. The van der Waals surface area contributed by atoms with Crippen LogP contribution in [0, 0.1) is 0 Å². The number of cyclic esters (lactones) is 1. The van der Waals surface area contributed by atoms with Crippen LogP contribution in [-0.2, 0) is 4.74 Å². The average Bonchev–Trinajstić information content (AvgIpc) is 2.57. The van der Waals surface area contributed by atoms with E-state index in [1.54, 1.807) is 6.92 Å². The summed E-state index contributed by atoms with van der Waals surface area (Å²) in [5, 5.41) is 9.14. The monoisotopic (exact) mass is 285 g/mol. The van der Waals surface area contributed by atoms with Gasteiger partial charge in [0.05, 0.1) is 13.2 Å². The summed E-state index contributed by atoms with van der Waals surface area (Å²) in [6.45, 7) is 1.90. The number of ether oxygens (including phenoxy) is 1. The minimum absolute atomic E-state index is 0.175. The van der Waals surface area contributed by atoms with E-state index in [9.17, 15) is 4.79 Å². The maximum atomic E-state index is 11.6. The lowest BCUT2D eigenvalue weighted by Crippen LogP contribution is -2.34. The average molecular weight is 286 g/mol. The quantitative estimate of drug-likeness (QED) is 0.906. The third-order valence-electron chi connectivity index (χ3n) is 2.52. The first-order valence-electron chi connectivity index (χ1n) is 4.91. The van der Waals surface area contributed by atoms with Crippen LogP contribution in [0.4, 0.5) is 10.5 Å². The fourth-order valence-corrected chi connectivity index (χ4v) is 1.86. The zero-order valence-electron chi connectivity index (χ0n) is 8.81. The molecule has 16 heavy (non-hydrogen) atoms. The summed E-state index contributed by atoms with van der Waals surface area (Å²) in [5.41, 5.74) is -0.0326. The Balaban J connectivity index is 2.23. The second kappa shape index (κ2) is 4.07. The van der Waals surface area contributed by atoms with Crippen molar-refractivity contribution in [2.45, 2.75) is 12.5 Å². The van der Waals surface area contributed by atoms with Crippen LogP contribution in [0.25, 0.3) is 0 Å². The van der Waals surface area contributed by atoms with Crippen molar-refractivity contribution >= 4 is 27.7 Å². The van der Waals surface area contributed by atoms with E-state index < -0.39 is 11.7 Å². The lowest BCUT2D eigenvalue weighted by Gasteiger charge is -2.18. The molecule has 1 saturated heterocycles. The Kier molecular flexibility index (Phi) is 2.90. The molecule has 0 aromatic heterocycles. The minimum Gasteiger partial charge on any atom is -0.438 e. The topological polar surface area (TPSA) is 49.8 Å². The molecule has 1 N–H and O–H groups in total. The summed E-state index contributed by atoms with van der Waals surface area (Å²) in [6, 6.07) is 7.37. The van der Waals surface area contributed by atoms with Crippen molar-refractivity contribution in [2.75, 3.05) is 18.1 Å². The molecule has 1 aromatic carbocycles. The molecule has 1 unspecified atom stereocenters. The van der Waals surface area contributed by atoms with Crippen LogP contribution in [0.2, 0.25) is 0 Å². The zero-order valence-corrected chi connectivity index (χ0v) is 10.4. The Morgan fingerprint density at radius 3 is 2.62 bits per heavy atom. The third kappa shape index (κ3) is 2.05.